The summed E-state index contributed by atoms with van der Waals surface area (Å²) in [6.07, 6.45) is 0. The van der Waals surface area contributed by atoms with Gasteiger partial charge in [0, 0.05) is 21.7 Å². The number of aromatic nitrogens is 1. The lowest BCUT2D eigenvalue weighted by Crippen LogP contribution is -2.00. The highest BCUT2D eigenvalue weighted by Crippen LogP contribution is 2.34. The Morgan fingerprint density at radius 1 is 1.04 bits per heavy atom. The molecule has 0 atom stereocenters. The zero-order chi connectivity index (χ0) is 16.4. The van der Waals surface area contributed by atoms with Gasteiger partial charge in [-0.1, -0.05) is 59.6 Å². The van der Waals surface area contributed by atoms with Gasteiger partial charge in [-0.05, 0) is 19.1 Å². The van der Waals surface area contributed by atoms with Crippen molar-refractivity contribution in [2.45, 2.75) is 6.92 Å². The van der Waals surface area contributed by atoms with Gasteiger partial charge in [-0.3, -0.25) is 0 Å². The lowest BCUT2D eigenvalue weighted by atomic mass is 9.98. The standard InChI is InChI=1S/C19H14ClN3/c1-12-6-8-13(9-7-12)18-10-15(16(11-21)19(22)23-18)14-4-2-3-5-17(14)20/h2-10H,1H3,(H2,22,23). The zero-order valence-corrected chi connectivity index (χ0v) is 13.3. The zero-order valence-electron chi connectivity index (χ0n) is 12.5. The summed E-state index contributed by atoms with van der Waals surface area (Å²) in [5.74, 6) is 0.209. The molecule has 112 valence electrons. The van der Waals surface area contributed by atoms with E-state index in [1.807, 2.05) is 55.5 Å². The molecule has 3 rings (SSSR count). The van der Waals surface area contributed by atoms with Crippen LogP contribution < -0.4 is 5.73 Å². The van der Waals surface area contributed by atoms with Gasteiger partial charge in [0.15, 0.2) is 0 Å². The first-order chi connectivity index (χ1) is 11.1. The number of nitrogen functional groups attached to an aromatic ring is 1. The van der Waals surface area contributed by atoms with Crippen LogP contribution in [0.3, 0.4) is 0 Å². The largest absolute Gasteiger partial charge is 0.383 e. The fourth-order valence-electron chi connectivity index (χ4n) is 2.45. The minimum Gasteiger partial charge on any atom is -0.383 e. The molecule has 0 aliphatic carbocycles. The van der Waals surface area contributed by atoms with E-state index >= 15 is 0 Å². The molecule has 0 radical (unpaired) electrons. The molecule has 0 aliphatic heterocycles. The van der Waals surface area contributed by atoms with E-state index in [2.05, 4.69) is 11.1 Å². The van der Waals surface area contributed by atoms with Crippen LogP contribution in [-0.4, -0.2) is 4.98 Å². The highest BCUT2D eigenvalue weighted by molar-refractivity contribution is 6.33. The van der Waals surface area contributed by atoms with E-state index in [1.54, 1.807) is 6.07 Å². The maximum atomic E-state index is 9.44. The molecule has 1 heterocycles. The molecule has 1 aromatic heterocycles. The average Bonchev–Trinajstić information content (AvgIpc) is 2.55. The lowest BCUT2D eigenvalue weighted by Gasteiger charge is -2.11. The predicted molar refractivity (Wildman–Crippen MR) is 94.0 cm³/mol. The molecule has 0 aliphatic rings. The summed E-state index contributed by atoms with van der Waals surface area (Å²) in [4.78, 5) is 4.37. The van der Waals surface area contributed by atoms with Crippen molar-refractivity contribution in [1.29, 1.82) is 5.26 Å². The van der Waals surface area contributed by atoms with E-state index in [0.29, 0.717) is 16.1 Å². The topological polar surface area (TPSA) is 62.7 Å². The van der Waals surface area contributed by atoms with Crippen LogP contribution >= 0.6 is 11.6 Å². The number of nitrogens with two attached hydrogens (primary N) is 1. The van der Waals surface area contributed by atoms with Gasteiger partial charge in [0.1, 0.15) is 17.5 Å². The summed E-state index contributed by atoms with van der Waals surface area (Å²) in [7, 11) is 0. The van der Waals surface area contributed by atoms with Crippen molar-refractivity contribution in [1.82, 2.24) is 4.98 Å². The summed E-state index contributed by atoms with van der Waals surface area (Å²) < 4.78 is 0. The Bertz CT molecular complexity index is 909. The van der Waals surface area contributed by atoms with Crippen LogP contribution in [0.2, 0.25) is 5.02 Å². The first kappa shape index (κ1) is 15.1. The second-order valence-electron chi connectivity index (χ2n) is 5.27. The van der Waals surface area contributed by atoms with Crippen LogP contribution in [0.4, 0.5) is 5.82 Å². The molecule has 3 aromatic rings. The number of hydrogen-bond acceptors (Lipinski definition) is 3. The third kappa shape index (κ3) is 2.90. The summed E-state index contributed by atoms with van der Waals surface area (Å²) in [5, 5.41) is 10.0. The van der Waals surface area contributed by atoms with Crippen molar-refractivity contribution < 1.29 is 0 Å². The highest BCUT2D eigenvalue weighted by Gasteiger charge is 2.15. The Hall–Kier alpha value is -2.83. The minimum atomic E-state index is 0.209. The van der Waals surface area contributed by atoms with Gasteiger partial charge in [-0.15, -0.1) is 0 Å². The molecule has 0 fully saturated rings. The van der Waals surface area contributed by atoms with Crippen LogP contribution in [0.25, 0.3) is 22.4 Å². The molecular formula is C19H14ClN3. The van der Waals surface area contributed by atoms with Gasteiger partial charge >= 0.3 is 0 Å². The van der Waals surface area contributed by atoms with Crippen molar-refractivity contribution in [3.05, 3.63) is 70.7 Å². The molecule has 0 spiro atoms. The monoisotopic (exact) mass is 319 g/mol. The second kappa shape index (κ2) is 6.12. The number of pyridine rings is 1. The summed E-state index contributed by atoms with van der Waals surface area (Å²) >= 11 is 6.29. The first-order valence-corrected chi connectivity index (χ1v) is 7.50. The average molecular weight is 320 g/mol. The number of nitriles is 1. The second-order valence-corrected chi connectivity index (χ2v) is 5.68. The maximum absolute atomic E-state index is 9.44. The summed E-state index contributed by atoms with van der Waals surface area (Å²) in [6.45, 7) is 2.03. The van der Waals surface area contributed by atoms with Gasteiger partial charge in [0.2, 0.25) is 0 Å². The van der Waals surface area contributed by atoms with Gasteiger partial charge in [0.25, 0.3) is 0 Å². The van der Waals surface area contributed by atoms with E-state index in [9.17, 15) is 5.26 Å². The van der Waals surface area contributed by atoms with Crippen LogP contribution in [-0.2, 0) is 0 Å². The molecule has 0 saturated carbocycles. The van der Waals surface area contributed by atoms with Gasteiger partial charge in [-0.25, -0.2) is 4.98 Å². The number of benzene rings is 2. The molecule has 2 aromatic carbocycles. The minimum absolute atomic E-state index is 0.209. The van der Waals surface area contributed by atoms with Gasteiger partial charge in [-0.2, -0.15) is 5.26 Å². The molecule has 23 heavy (non-hydrogen) atoms. The highest BCUT2D eigenvalue weighted by atomic mass is 35.5. The van der Waals surface area contributed by atoms with Crippen molar-refractivity contribution in [2.75, 3.05) is 5.73 Å². The number of hydrogen-bond donors (Lipinski definition) is 1. The molecule has 0 unspecified atom stereocenters. The van der Waals surface area contributed by atoms with Crippen molar-refractivity contribution >= 4 is 17.4 Å². The van der Waals surface area contributed by atoms with Crippen LogP contribution in [0.1, 0.15) is 11.1 Å². The van der Waals surface area contributed by atoms with Gasteiger partial charge in [0.05, 0.1) is 5.69 Å². The SMILES string of the molecule is Cc1ccc(-c2cc(-c3ccccc3Cl)c(C#N)c(N)n2)cc1. The lowest BCUT2D eigenvalue weighted by molar-refractivity contribution is 1.30. The van der Waals surface area contributed by atoms with E-state index in [4.69, 9.17) is 17.3 Å². The molecule has 0 saturated heterocycles. The van der Waals surface area contributed by atoms with Gasteiger partial charge < -0.3 is 5.73 Å². The maximum Gasteiger partial charge on any atom is 0.142 e. The fraction of sp³-hybridized carbons (Fsp3) is 0.0526. The quantitative estimate of drug-likeness (QED) is 0.735. The molecule has 4 heteroatoms. The smallest absolute Gasteiger partial charge is 0.142 e. The van der Waals surface area contributed by atoms with E-state index in [-0.39, 0.29) is 5.82 Å². The van der Waals surface area contributed by atoms with E-state index < -0.39 is 0 Å². The number of halogens is 1. The Morgan fingerprint density at radius 2 is 1.74 bits per heavy atom. The van der Waals surface area contributed by atoms with Crippen LogP contribution in [0, 0.1) is 18.3 Å². The number of anilines is 1. The number of rotatable bonds is 2. The van der Waals surface area contributed by atoms with E-state index in [0.717, 1.165) is 16.8 Å². The number of aryl methyl sites for hydroxylation is 1. The third-order valence-electron chi connectivity index (χ3n) is 3.67. The molecule has 2 N–H and O–H groups in total. The van der Waals surface area contributed by atoms with Crippen LogP contribution in [0.5, 0.6) is 0 Å². The Balaban J connectivity index is 2.25. The molecule has 0 bridgehead atoms. The molecule has 3 nitrogen and oxygen atoms in total. The summed E-state index contributed by atoms with van der Waals surface area (Å²) in [6, 6.07) is 19.4. The first-order valence-electron chi connectivity index (χ1n) is 7.12. The van der Waals surface area contributed by atoms with Crippen molar-refractivity contribution in [2.24, 2.45) is 0 Å². The Morgan fingerprint density at radius 3 is 2.39 bits per heavy atom. The number of nitrogens with zero attached hydrogens (tertiary/aromatic N) is 2. The normalized spacial score (nSPS) is 10.3. The fourth-order valence-corrected chi connectivity index (χ4v) is 2.68. The summed E-state index contributed by atoms with van der Waals surface area (Å²) in [5.41, 5.74) is 10.7. The molecule has 0 amide bonds. The third-order valence-corrected chi connectivity index (χ3v) is 4.00. The van der Waals surface area contributed by atoms with Crippen molar-refractivity contribution in [3.8, 4) is 28.5 Å². The predicted octanol–water partition coefficient (Wildman–Crippen LogP) is 4.83. The van der Waals surface area contributed by atoms with Crippen molar-refractivity contribution in [3.63, 3.8) is 0 Å². The molecular weight excluding hydrogens is 306 g/mol. The van der Waals surface area contributed by atoms with E-state index in [1.165, 1.54) is 5.56 Å². The Labute approximate surface area is 140 Å². The Kier molecular flexibility index (Phi) is 4.01. The van der Waals surface area contributed by atoms with Crippen LogP contribution in [0.15, 0.2) is 54.6 Å².